The highest BCUT2D eigenvalue weighted by Crippen LogP contribution is 2.31. The van der Waals surface area contributed by atoms with Crippen LogP contribution in [0.1, 0.15) is 26.2 Å². The first kappa shape index (κ1) is 11.8. The number of methoxy groups -OCH3 is 1. The minimum Gasteiger partial charge on any atom is -0.497 e. The second kappa shape index (κ2) is 5.08. The van der Waals surface area contributed by atoms with Crippen molar-refractivity contribution in [2.45, 2.75) is 32.2 Å². The van der Waals surface area contributed by atoms with Crippen molar-refractivity contribution in [3.8, 4) is 5.75 Å². The SMILES string of the molecule is CCCCC1Nc2cc(OC)ccc2NC1=O. The van der Waals surface area contributed by atoms with Gasteiger partial charge in [0.15, 0.2) is 0 Å². The van der Waals surface area contributed by atoms with Gasteiger partial charge in [0.2, 0.25) is 5.91 Å². The van der Waals surface area contributed by atoms with Crippen molar-refractivity contribution in [3.05, 3.63) is 18.2 Å². The minimum atomic E-state index is -0.130. The molecule has 0 saturated heterocycles. The number of carbonyl (C=O) groups excluding carboxylic acids is 1. The highest BCUT2D eigenvalue weighted by molar-refractivity contribution is 6.03. The van der Waals surface area contributed by atoms with Crippen LogP contribution in [-0.4, -0.2) is 19.1 Å². The molecule has 1 aliphatic rings. The average molecular weight is 234 g/mol. The summed E-state index contributed by atoms with van der Waals surface area (Å²) in [6.07, 6.45) is 3.00. The Morgan fingerprint density at radius 1 is 1.35 bits per heavy atom. The molecule has 1 heterocycles. The number of anilines is 2. The van der Waals surface area contributed by atoms with Crippen LogP contribution in [0.4, 0.5) is 11.4 Å². The van der Waals surface area contributed by atoms with E-state index in [2.05, 4.69) is 17.6 Å². The number of fused-ring (bicyclic) bond motifs is 1. The van der Waals surface area contributed by atoms with Gasteiger partial charge in [0.1, 0.15) is 11.8 Å². The van der Waals surface area contributed by atoms with Gasteiger partial charge in [-0.25, -0.2) is 0 Å². The normalized spacial score (nSPS) is 18.0. The van der Waals surface area contributed by atoms with Gasteiger partial charge in [-0.1, -0.05) is 19.8 Å². The van der Waals surface area contributed by atoms with Crippen LogP contribution in [0.5, 0.6) is 5.75 Å². The molecule has 17 heavy (non-hydrogen) atoms. The summed E-state index contributed by atoms with van der Waals surface area (Å²) in [4.78, 5) is 11.8. The van der Waals surface area contributed by atoms with E-state index in [1.165, 1.54) is 0 Å². The van der Waals surface area contributed by atoms with E-state index in [1.54, 1.807) is 7.11 Å². The van der Waals surface area contributed by atoms with Gasteiger partial charge in [0, 0.05) is 6.07 Å². The van der Waals surface area contributed by atoms with Gasteiger partial charge < -0.3 is 15.4 Å². The van der Waals surface area contributed by atoms with Crippen molar-refractivity contribution in [2.75, 3.05) is 17.7 Å². The highest BCUT2D eigenvalue weighted by Gasteiger charge is 2.24. The first-order valence-corrected chi connectivity index (χ1v) is 6.00. The predicted molar refractivity (Wildman–Crippen MR) is 68.6 cm³/mol. The summed E-state index contributed by atoms with van der Waals surface area (Å²) in [7, 11) is 1.64. The second-order valence-corrected chi connectivity index (χ2v) is 4.24. The van der Waals surface area contributed by atoms with Crippen molar-refractivity contribution < 1.29 is 9.53 Å². The van der Waals surface area contributed by atoms with Gasteiger partial charge in [-0.3, -0.25) is 4.79 Å². The summed E-state index contributed by atoms with van der Waals surface area (Å²) < 4.78 is 5.17. The van der Waals surface area contributed by atoms with E-state index in [1.807, 2.05) is 18.2 Å². The van der Waals surface area contributed by atoms with E-state index >= 15 is 0 Å². The molecule has 1 aliphatic heterocycles. The number of benzene rings is 1. The third-order valence-corrected chi connectivity index (χ3v) is 2.98. The van der Waals surface area contributed by atoms with Gasteiger partial charge in [-0.2, -0.15) is 0 Å². The van der Waals surface area contributed by atoms with Crippen molar-refractivity contribution in [1.82, 2.24) is 0 Å². The molecule has 0 saturated carbocycles. The van der Waals surface area contributed by atoms with Crippen LogP contribution in [0.15, 0.2) is 18.2 Å². The summed E-state index contributed by atoms with van der Waals surface area (Å²) in [6, 6.07) is 5.48. The Morgan fingerprint density at radius 3 is 2.88 bits per heavy atom. The van der Waals surface area contributed by atoms with Crippen LogP contribution < -0.4 is 15.4 Å². The van der Waals surface area contributed by atoms with E-state index in [9.17, 15) is 4.79 Å². The van der Waals surface area contributed by atoms with Gasteiger partial charge in [0.05, 0.1) is 18.5 Å². The van der Waals surface area contributed by atoms with Crippen molar-refractivity contribution in [1.29, 1.82) is 0 Å². The lowest BCUT2D eigenvalue weighted by atomic mass is 10.1. The molecule has 2 N–H and O–H groups in total. The maximum Gasteiger partial charge on any atom is 0.246 e. The predicted octanol–water partition coefficient (Wildman–Crippen LogP) is 2.62. The van der Waals surface area contributed by atoms with E-state index < -0.39 is 0 Å². The molecule has 92 valence electrons. The van der Waals surface area contributed by atoms with Crippen molar-refractivity contribution in [2.24, 2.45) is 0 Å². The summed E-state index contributed by atoms with van der Waals surface area (Å²) in [5.74, 6) is 0.845. The zero-order chi connectivity index (χ0) is 12.3. The Labute approximate surface area is 101 Å². The number of rotatable bonds is 4. The third-order valence-electron chi connectivity index (χ3n) is 2.98. The summed E-state index contributed by atoms with van der Waals surface area (Å²) in [5, 5.41) is 6.18. The van der Waals surface area contributed by atoms with Crippen LogP contribution >= 0.6 is 0 Å². The fourth-order valence-electron chi connectivity index (χ4n) is 1.96. The molecular weight excluding hydrogens is 216 g/mol. The Balaban J connectivity index is 2.16. The maximum atomic E-state index is 11.8. The number of amides is 1. The molecule has 2 rings (SSSR count). The molecule has 0 aliphatic carbocycles. The molecule has 1 aromatic carbocycles. The van der Waals surface area contributed by atoms with Crippen molar-refractivity contribution in [3.63, 3.8) is 0 Å². The zero-order valence-electron chi connectivity index (χ0n) is 10.2. The number of hydrogen-bond acceptors (Lipinski definition) is 3. The summed E-state index contributed by atoms with van der Waals surface area (Å²) in [5.41, 5.74) is 1.76. The minimum absolute atomic E-state index is 0.0520. The molecule has 0 radical (unpaired) electrons. The maximum absolute atomic E-state index is 11.8. The molecule has 0 fully saturated rings. The lowest BCUT2D eigenvalue weighted by Crippen LogP contribution is -2.38. The Morgan fingerprint density at radius 2 is 2.18 bits per heavy atom. The van der Waals surface area contributed by atoms with E-state index in [0.29, 0.717) is 0 Å². The fraction of sp³-hybridized carbons (Fsp3) is 0.462. The summed E-state index contributed by atoms with van der Waals surface area (Å²) >= 11 is 0. The van der Waals surface area contributed by atoms with Gasteiger partial charge in [-0.05, 0) is 18.6 Å². The molecule has 0 aromatic heterocycles. The quantitative estimate of drug-likeness (QED) is 0.842. The Kier molecular flexibility index (Phi) is 3.52. The number of ether oxygens (including phenoxy) is 1. The first-order valence-electron chi connectivity index (χ1n) is 6.00. The van der Waals surface area contributed by atoms with Crippen LogP contribution in [0, 0.1) is 0 Å². The Hall–Kier alpha value is -1.71. The topological polar surface area (TPSA) is 50.4 Å². The first-order chi connectivity index (χ1) is 8.24. The van der Waals surface area contributed by atoms with Gasteiger partial charge in [0.25, 0.3) is 0 Å². The molecule has 0 bridgehead atoms. The number of nitrogens with one attached hydrogen (secondary N) is 2. The number of unbranched alkanes of at least 4 members (excludes halogenated alkanes) is 1. The van der Waals surface area contributed by atoms with Crippen LogP contribution in [-0.2, 0) is 4.79 Å². The van der Waals surface area contributed by atoms with Crippen LogP contribution in [0.3, 0.4) is 0 Å². The van der Waals surface area contributed by atoms with Gasteiger partial charge in [-0.15, -0.1) is 0 Å². The zero-order valence-corrected chi connectivity index (χ0v) is 10.2. The number of hydrogen-bond donors (Lipinski definition) is 2. The molecule has 1 unspecified atom stereocenters. The largest absolute Gasteiger partial charge is 0.497 e. The van der Waals surface area contributed by atoms with Crippen LogP contribution in [0.2, 0.25) is 0 Å². The lowest BCUT2D eigenvalue weighted by Gasteiger charge is -2.27. The standard InChI is InChI=1S/C13H18N2O2/c1-3-4-5-11-13(16)15-10-7-6-9(17-2)8-12(10)14-11/h6-8,11,14H,3-5H2,1-2H3,(H,15,16). The van der Waals surface area contributed by atoms with E-state index in [4.69, 9.17) is 4.74 Å². The van der Waals surface area contributed by atoms with E-state index in [-0.39, 0.29) is 11.9 Å². The monoisotopic (exact) mass is 234 g/mol. The molecule has 1 atom stereocenters. The molecule has 1 amide bonds. The second-order valence-electron chi connectivity index (χ2n) is 4.24. The Bertz CT molecular complexity index is 418. The molecule has 4 heteroatoms. The van der Waals surface area contributed by atoms with Crippen molar-refractivity contribution >= 4 is 17.3 Å². The molecule has 4 nitrogen and oxygen atoms in total. The smallest absolute Gasteiger partial charge is 0.246 e. The number of carbonyl (C=O) groups is 1. The van der Waals surface area contributed by atoms with Crippen LogP contribution in [0.25, 0.3) is 0 Å². The average Bonchev–Trinajstić information content (AvgIpc) is 2.35. The molecule has 1 aromatic rings. The lowest BCUT2D eigenvalue weighted by molar-refractivity contribution is -0.117. The highest BCUT2D eigenvalue weighted by atomic mass is 16.5. The molecular formula is C13H18N2O2. The third kappa shape index (κ3) is 2.52. The fourth-order valence-corrected chi connectivity index (χ4v) is 1.96. The molecule has 0 spiro atoms. The summed E-state index contributed by atoms with van der Waals surface area (Å²) in [6.45, 7) is 2.12. The van der Waals surface area contributed by atoms with Gasteiger partial charge >= 0.3 is 0 Å². The van der Waals surface area contributed by atoms with E-state index in [0.717, 1.165) is 36.4 Å².